The number of nitrogens with zero attached hydrogens (tertiary/aromatic N) is 5. The van der Waals surface area contributed by atoms with Crippen LogP contribution in [0.3, 0.4) is 0 Å². The molecule has 0 saturated carbocycles. The second-order valence-corrected chi connectivity index (χ2v) is 4.72. The summed E-state index contributed by atoms with van der Waals surface area (Å²) < 4.78 is 4.97. The van der Waals surface area contributed by atoms with E-state index < -0.39 is 0 Å². The van der Waals surface area contributed by atoms with Crippen molar-refractivity contribution in [2.75, 3.05) is 6.54 Å². The molecule has 0 N–H and O–H groups in total. The van der Waals surface area contributed by atoms with Gasteiger partial charge in [-0.25, -0.2) is 4.79 Å². The summed E-state index contributed by atoms with van der Waals surface area (Å²) in [5.41, 5.74) is 0.801. The van der Waals surface area contributed by atoms with Crippen LogP contribution in [0, 0.1) is 6.92 Å². The molecule has 1 aliphatic rings. The van der Waals surface area contributed by atoms with Gasteiger partial charge < -0.3 is 9.42 Å². The number of imide groups is 1. The molecular formula is C13H13N5O3. The lowest BCUT2D eigenvalue weighted by Crippen LogP contribution is -2.32. The van der Waals surface area contributed by atoms with Crippen molar-refractivity contribution in [1.82, 2.24) is 24.9 Å². The van der Waals surface area contributed by atoms with Crippen LogP contribution in [-0.2, 0) is 17.9 Å². The summed E-state index contributed by atoms with van der Waals surface area (Å²) >= 11 is 0. The minimum absolute atomic E-state index is 0.0144. The summed E-state index contributed by atoms with van der Waals surface area (Å²) in [5, 5.41) is 3.66. The molecule has 0 bridgehead atoms. The van der Waals surface area contributed by atoms with E-state index in [-0.39, 0.29) is 31.6 Å². The Balaban J connectivity index is 1.70. The maximum atomic E-state index is 12.3. The van der Waals surface area contributed by atoms with Gasteiger partial charge >= 0.3 is 6.03 Å². The van der Waals surface area contributed by atoms with Crippen molar-refractivity contribution in [3.63, 3.8) is 0 Å². The standard InChI is InChI=1S/C13H13N5O3/c1-9-15-11(21-16-9)7-17-8-12(19)18(13(17)20)6-10-3-2-4-14-5-10/h2-5H,6-8H2,1H3. The fraction of sp³-hybridized carbons (Fsp3) is 0.308. The van der Waals surface area contributed by atoms with Gasteiger partial charge in [0.1, 0.15) is 13.1 Å². The van der Waals surface area contributed by atoms with Gasteiger partial charge in [0.05, 0.1) is 6.54 Å². The van der Waals surface area contributed by atoms with Crippen molar-refractivity contribution in [3.05, 3.63) is 41.8 Å². The van der Waals surface area contributed by atoms with Crippen molar-refractivity contribution in [2.24, 2.45) is 0 Å². The zero-order chi connectivity index (χ0) is 14.8. The highest BCUT2D eigenvalue weighted by Gasteiger charge is 2.36. The van der Waals surface area contributed by atoms with Crippen LogP contribution in [0.1, 0.15) is 17.3 Å². The number of urea groups is 1. The maximum Gasteiger partial charge on any atom is 0.328 e. The zero-order valence-electron chi connectivity index (χ0n) is 11.4. The van der Waals surface area contributed by atoms with Crippen LogP contribution in [0.15, 0.2) is 29.0 Å². The fourth-order valence-electron chi connectivity index (χ4n) is 2.11. The van der Waals surface area contributed by atoms with E-state index in [1.165, 1.54) is 9.80 Å². The van der Waals surface area contributed by atoms with E-state index in [9.17, 15) is 9.59 Å². The number of carbonyl (C=O) groups excluding carboxylic acids is 2. The third kappa shape index (κ3) is 2.73. The van der Waals surface area contributed by atoms with Gasteiger partial charge in [0.2, 0.25) is 5.89 Å². The number of hydrogen-bond donors (Lipinski definition) is 0. The molecule has 0 aliphatic carbocycles. The van der Waals surface area contributed by atoms with Crippen molar-refractivity contribution in [3.8, 4) is 0 Å². The van der Waals surface area contributed by atoms with Gasteiger partial charge in [0.15, 0.2) is 5.82 Å². The van der Waals surface area contributed by atoms with Crippen LogP contribution in [0.5, 0.6) is 0 Å². The van der Waals surface area contributed by atoms with E-state index in [0.717, 1.165) is 5.56 Å². The SMILES string of the molecule is Cc1noc(CN2CC(=O)N(Cc3cccnc3)C2=O)n1. The van der Waals surface area contributed by atoms with Gasteiger partial charge in [0, 0.05) is 12.4 Å². The molecule has 8 heteroatoms. The molecule has 0 aromatic carbocycles. The Kier molecular flexibility index (Phi) is 3.35. The lowest BCUT2D eigenvalue weighted by molar-refractivity contribution is -0.125. The summed E-state index contributed by atoms with van der Waals surface area (Å²) in [6.07, 6.45) is 3.27. The van der Waals surface area contributed by atoms with Crippen molar-refractivity contribution < 1.29 is 14.1 Å². The quantitative estimate of drug-likeness (QED) is 0.770. The van der Waals surface area contributed by atoms with Gasteiger partial charge in [-0.2, -0.15) is 4.98 Å². The fourth-order valence-corrected chi connectivity index (χ4v) is 2.11. The highest BCUT2D eigenvalue weighted by Crippen LogP contribution is 2.16. The Morgan fingerprint density at radius 2 is 2.19 bits per heavy atom. The molecule has 1 fully saturated rings. The summed E-state index contributed by atoms with van der Waals surface area (Å²) in [6, 6.07) is 3.22. The Morgan fingerprint density at radius 1 is 1.33 bits per heavy atom. The first-order chi connectivity index (χ1) is 10.1. The summed E-state index contributed by atoms with van der Waals surface area (Å²) in [6.45, 7) is 2.05. The third-order valence-electron chi connectivity index (χ3n) is 3.09. The van der Waals surface area contributed by atoms with Crippen LogP contribution >= 0.6 is 0 Å². The van der Waals surface area contributed by atoms with Crippen molar-refractivity contribution in [2.45, 2.75) is 20.0 Å². The number of pyridine rings is 1. The first kappa shape index (κ1) is 13.2. The predicted molar refractivity (Wildman–Crippen MR) is 69.6 cm³/mol. The molecule has 8 nitrogen and oxygen atoms in total. The molecule has 2 aromatic heterocycles. The van der Waals surface area contributed by atoms with E-state index in [0.29, 0.717) is 11.7 Å². The molecule has 3 amide bonds. The highest BCUT2D eigenvalue weighted by molar-refractivity contribution is 6.01. The van der Waals surface area contributed by atoms with E-state index in [2.05, 4.69) is 15.1 Å². The van der Waals surface area contributed by atoms with Gasteiger partial charge in [-0.1, -0.05) is 11.2 Å². The molecule has 108 valence electrons. The first-order valence-electron chi connectivity index (χ1n) is 6.41. The molecule has 0 unspecified atom stereocenters. The minimum atomic E-state index is -0.361. The smallest absolute Gasteiger partial charge is 0.328 e. The van der Waals surface area contributed by atoms with Crippen LogP contribution in [0.25, 0.3) is 0 Å². The topological polar surface area (TPSA) is 92.4 Å². The first-order valence-corrected chi connectivity index (χ1v) is 6.41. The Bertz CT molecular complexity index is 669. The number of rotatable bonds is 4. The van der Waals surface area contributed by atoms with Crippen LogP contribution < -0.4 is 0 Å². The average Bonchev–Trinajstić information content (AvgIpc) is 2.99. The molecule has 1 aliphatic heterocycles. The van der Waals surface area contributed by atoms with Gasteiger partial charge in [-0.3, -0.25) is 14.7 Å². The van der Waals surface area contributed by atoms with E-state index >= 15 is 0 Å². The molecule has 0 atom stereocenters. The van der Waals surface area contributed by atoms with E-state index in [1.54, 1.807) is 25.4 Å². The minimum Gasteiger partial charge on any atom is -0.337 e. The predicted octanol–water partition coefficient (Wildman–Crippen LogP) is 0.737. The molecular weight excluding hydrogens is 274 g/mol. The largest absolute Gasteiger partial charge is 0.337 e. The Labute approximate surface area is 120 Å². The molecule has 21 heavy (non-hydrogen) atoms. The van der Waals surface area contributed by atoms with E-state index in [4.69, 9.17) is 4.52 Å². The normalized spacial score (nSPS) is 15.1. The summed E-state index contributed by atoms with van der Waals surface area (Å²) in [5.74, 6) is 0.562. The Morgan fingerprint density at radius 3 is 2.86 bits per heavy atom. The molecule has 3 rings (SSSR count). The van der Waals surface area contributed by atoms with Gasteiger partial charge in [-0.15, -0.1) is 0 Å². The number of amides is 3. The van der Waals surface area contributed by atoms with Gasteiger partial charge in [-0.05, 0) is 18.6 Å². The third-order valence-corrected chi connectivity index (χ3v) is 3.09. The second-order valence-electron chi connectivity index (χ2n) is 4.72. The molecule has 2 aromatic rings. The maximum absolute atomic E-state index is 12.3. The van der Waals surface area contributed by atoms with Crippen molar-refractivity contribution >= 4 is 11.9 Å². The molecule has 1 saturated heterocycles. The summed E-state index contributed by atoms with van der Waals surface area (Å²) in [7, 11) is 0. The highest BCUT2D eigenvalue weighted by atomic mass is 16.5. The molecule has 0 radical (unpaired) electrons. The summed E-state index contributed by atoms with van der Waals surface area (Å²) in [4.78, 5) is 34.8. The number of hydrogen-bond acceptors (Lipinski definition) is 6. The van der Waals surface area contributed by atoms with Crippen molar-refractivity contribution in [1.29, 1.82) is 0 Å². The second kappa shape index (κ2) is 5.31. The van der Waals surface area contributed by atoms with Gasteiger partial charge in [0.25, 0.3) is 5.91 Å². The lowest BCUT2D eigenvalue weighted by Gasteiger charge is -2.15. The number of aryl methyl sites for hydroxylation is 1. The van der Waals surface area contributed by atoms with Crippen LogP contribution in [-0.4, -0.2) is 43.4 Å². The Hall–Kier alpha value is -2.77. The number of carbonyl (C=O) groups is 2. The average molecular weight is 287 g/mol. The monoisotopic (exact) mass is 287 g/mol. The van der Waals surface area contributed by atoms with E-state index in [1.807, 2.05) is 6.07 Å². The molecule has 3 heterocycles. The van der Waals surface area contributed by atoms with Crippen LogP contribution in [0.2, 0.25) is 0 Å². The van der Waals surface area contributed by atoms with Crippen LogP contribution in [0.4, 0.5) is 4.79 Å². The number of aromatic nitrogens is 3. The zero-order valence-corrected chi connectivity index (χ0v) is 11.4. The molecule has 0 spiro atoms. The lowest BCUT2D eigenvalue weighted by atomic mass is 10.3.